The fraction of sp³-hybridized carbons (Fsp3) is 0.545. The summed E-state index contributed by atoms with van der Waals surface area (Å²) in [5, 5.41) is 9.10. The summed E-state index contributed by atoms with van der Waals surface area (Å²) in [5.74, 6) is 1.04. The maximum atomic E-state index is 13.1. The van der Waals surface area contributed by atoms with Gasteiger partial charge >= 0.3 is 0 Å². The molecule has 1 amide bonds. The maximum absolute atomic E-state index is 13.1. The van der Waals surface area contributed by atoms with Crippen LogP contribution in [0.5, 0.6) is 0 Å². The number of amides is 1. The lowest BCUT2D eigenvalue weighted by molar-refractivity contribution is 0.0776. The second kappa shape index (κ2) is 9.01. The standard InChI is InChI=1S/C22H29N5O/c1-16(2)15-26(3)21(28)19-14-24-22(27-11-5-4-6-12-27)25-20(19)18-9-7-17(13-23)8-10-18/h7-9,14,16,18H,4-6,10-12,15H2,1-3H3. The quantitative estimate of drug-likeness (QED) is 0.780. The molecule has 2 heterocycles. The molecule has 0 spiro atoms. The maximum Gasteiger partial charge on any atom is 0.257 e. The van der Waals surface area contributed by atoms with E-state index in [4.69, 9.17) is 10.2 Å². The summed E-state index contributed by atoms with van der Waals surface area (Å²) in [6, 6.07) is 2.17. The van der Waals surface area contributed by atoms with Crippen LogP contribution in [-0.2, 0) is 0 Å². The van der Waals surface area contributed by atoms with Crippen LogP contribution in [0, 0.1) is 17.2 Å². The molecular weight excluding hydrogens is 350 g/mol. The SMILES string of the molecule is CC(C)CN(C)C(=O)c1cnc(N2CCCCC2)nc1C1C=CC(C#N)=CC1. The third kappa shape index (κ3) is 4.59. The Kier molecular flexibility index (Phi) is 6.45. The molecule has 1 aromatic rings. The van der Waals surface area contributed by atoms with Gasteiger partial charge in [-0.2, -0.15) is 5.26 Å². The molecular formula is C22H29N5O. The van der Waals surface area contributed by atoms with Gasteiger partial charge in [0.25, 0.3) is 5.91 Å². The normalized spacial score (nSPS) is 19.3. The van der Waals surface area contributed by atoms with Gasteiger partial charge in [0.1, 0.15) is 0 Å². The number of carbonyl (C=O) groups is 1. The van der Waals surface area contributed by atoms with Crippen LogP contribution in [-0.4, -0.2) is 47.5 Å². The minimum atomic E-state index is -0.0441. The van der Waals surface area contributed by atoms with Crippen molar-refractivity contribution in [2.45, 2.75) is 45.4 Å². The van der Waals surface area contributed by atoms with E-state index in [0.29, 0.717) is 36.0 Å². The molecule has 148 valence electrons. The first kappa shape index (κ1) is 20.1. The molecule has 0 radical (unpaired) electrons. The molecule has 0 N–H and O–H groups in total. The zero-order valence-corrected chi connectivity index (χ0v) is 17.1. The van der Waals surface area contributed by atoms with Crippen LogP contribution in [0.2, 0.25) is 0 Å². The van der Waals surface area contributed by atoms with Crippen molar-refractivity contribution in [3.8, 4) is 6.07 Å². The van der Waals surface area contributed by atoms with E-state index in [1.54, 1.807) is 11.1 Å². The molecule has 28 heavy (non-hydrogen) atoms. The third-order valence-electron chi connectivity index (χ3n) is 5.24. The summed E-state index contributed by atoms with van der Waals surface area (Å²) in [6.45, 7) is 6.79. The molecule has 1 atom stereocenters. The molecule has 1 aromatic heterocycles. The van der Waals surface area contributed by atoms with Crippen molar-refractivity contribution in [1.29, 1.82) is 5.26 Å². The zero-order valence-electron chi connectivity index (χ0n) is 17.1. The number of aromatic nitrogens is 2. The Hall–Kier alpha value is -2.68. The minimum absolute atomic E-state index is 0.0185. The Bertz CT molecular complexity index is 815. The highest BCUT2D eigenvalue weighted by atomic mass is 16.2. The fourth-order valence-electron chi connectivity index (χ4n) is 3.82. The van der Waals surface area contributed by atoms with Crippen LogP contribution in [0.3, 0.4) is 0 Å². The van der Waals surface area contributed by atoms with E-state index < -0.39 is 0 Å². The van der Waals surface area contributed by atoms with Gasteiger partial charge in [-0.25, -0.2) is 9.97 Å². The number of anilines is 1. The molecule has 0 bridgehead atoms. The number of hydrogen-bond donors (Lipinski definition) is 0. The molecule has 3 rings (SSSR count). The van der Waals surface area contributed by atoms with E-state index in [0.717, 1.165) is 31.6 Å². The second-order valence-electron chi connectivity index (χ2n) is 8.07. The summed E-state index contributed by atoms with van der Waals surface area (Å²) >= 11 is 0. The Labute approximate surface area is 167 Å². The lowest BCUT2D eigenvalue weighted by atomic mass is 9.91. The van der Waals surface area contributed by atoms with Gasteiger partial charge in [-0.15, -0.1) is 0 Å². The summed E-state index contributed by atoms with van der Waals surface area (Å²) in [7, 11) is 1.83. The zero-order chi connectivity index (χ0) is 20.1. The third-order valence-corrected chi connectivity index (χ3v) is 5.24. The van der Waals surface area contributed by atoms with Crippen LogP contribution >= 0.6 is 0 Å². The number of allylic oxidation sites excluding steroid dienone is 4. The van der Waals surface area contributed by atoms with Gasteiger partial charge in [0.2, 0.25) is 5.95 Å². The highest BCUT2D eigenvalue weighted by Crippen LogP contribution is 2.30. The fourth-order valence-corrected chi connectivity index (χ4v) is 3.82. The first-order chi connectivity index (χ1) is 13.5. The topological polar surface area (TPSA) is 73.1 Å². The molecule has 0 aromatic carbocycles. The number of nitrogens with zero attached hydrogens (tertiary/aromatic N) is 5. The smallest absolute Gasteiger partial charge is 0.257 e. The Balaban J connectivity index is 1.94. The van der Waals surface area contributed by atoms with Crippen LogP contribution in [0.15, 0.2) is 30.0 Å². The van der Waals surface area contributed by atoms with Gasteiger partial charge < -0.3 is 9.80 Å². The number of hydrogen-bond acceptors (Lipinski definition) is 5. The largest absolute Gasteiger partial charge is 0.341 e. The van der Waals surface area contributed by atoms with Gasteiger partial charge in [-0.05, 0) is 37.7 Å². The van der Waals surface area contributed by atoms with Crippen LogP contribution in [0.1, 0.15) is 61.5 Å². The molecule has 1 fully saturated rings. The highest BCUT2D eigenvalue weighted by Gasteiger charge is 2.25. The number of piperidine rings is 1. The van der Waals surface area contributed by atoms with Crippen LogP contribution < -0.4 is 4.90 Å². The first-order valence-corrected chi connectivity index (χ1v) is 10.2. The summed E-state index contributed by atoms with van der Waals surface area (Å²) in [5.41, 5.74) is 1.99. The lowest BCUT2D eigenvalue weighted by Gasteiger charge is -2.28. The van der Waals surface area contributed by atoms with Gasteiger partial charge in [0.05, 0.1) is 17.3 Å². The van der Waals surface area contributed by atoms with Gasteiger partial charge in [0, 0.05) is 44.4 Å². The van der Waals surface area contributed by atoms with Crippen molar-refractivity contribution in [2.24, 2.45) is 5.92 Å². The van der Waals surface area contributed by atoms with Gasteiger partial charge in [-0.1, -0.05) is 26.0 Å². The molecule has 0 saturated carbocycles. The lowest BCUT2D eigenvalue weighted by Crippen LogP contribution is -2.34. The second-order valence-corrected chi connectivity index (χ2v) is 8.07. The summed E-state index contributed by atoms with van der Waals surface area (Å²) < 4.78 is 0. The van der Waals surface area contributed by atoms with E-state index in [1.807, 2.05) is 25.3 Å². The molecule has 6 heteroatoms. The molecule has 1 unspecified atom stereocenters. The van der Waals surface area contributed by atoms with Crippen molar-refractivity contribution in [1.82, 2.24) is 14.9 Å². The van der Waals surface area contributed by atoms with Gasteiger partial charge in [0.15, 0.2) is 0 Å². The van der Waals surface area contributed by atoms with Crippen molar-refractivity contribution in [3.05, 3.63) is 41.3 Å². The van der Waals surface area contributed by atoms with Gasteiger partial charge in [-0.3, -0.25) is 4.79 Å². The Morgan fingerprint density at radius 1 is 1.36 bits per heavy atom. The van der Waals surface area contributed by atoms with Crippen LogP contribution in [0.25, 0.3) is 0 Å². The molecule has 1 aliphatic heterocycles. The van der Waals surface area contributed by atoms with E-state index in [2.05, 4.69) is 29.8 Å². The van der Waals surface area contributed by atoms with E-state index >= 15 is 0 Å². The predicted molar refractivity (Wildman–Crippen MR) is 110 cm³/mol. The molecule has 1 saturated heterocycles. The number of nitriles is 1. The summed E-state index contributed by atoms with van der Waals surface area (Å²) in [6.07, 6.45) is 11.6. The molecule has 1 aliphatic carbocycles. The van der Waals surface area contributed by atoms with E-state index in [-0.39, 0.29) is 11.8 Å². The average Bonchev–Trinajstić information content (AvgIpc) is 2.73. The molecule has 2 aliphatic rings. The number of carbonyl (C=O) groups excluding carboxylic acids is 1. The summed E-state index contributed by atoms with van der Waals surface area (Å²) in [4.78, 5) is 26.5. The number of rotatable bonds is 5. The minimum Gasteiger partial charge on any atom is -0.341 e. The van der Waals surface area contributed by atoms with E-state index in [1.165, 1.54) is 6.42 Å². The monoisotopic (exact) mass is 379 g/mol. The Morgan fingerprint density at radius 2 is 2.11 bits per heavy atom. The first-order valence-electron chi connectivity index (χ1n) is 10.2. The highest BCUT2D eigenvalue weighted by molar-refractivity contribution is 5.95. The van der Waals surface area contributed by atoms with Crippen molar-refractivity contribution < 1.29 is 4.79 Å². The Morgan fingerprint density at radius 3 is 2.71 bits per heavy atom. The molecule has 6 nitrogen and oxygen atoms in total. The average molecular weight is 380 g/mol. The van der Waals surface area contributed by atoms with Crippen LogP contribution in [0.4, 0.5) is 5.95 Å². The predicted octanol–water partition coefficient (Wildman–Crippen LogP) is 3.69. The van der Waals surface area contributed by atoms with Crippen molar-refractivity contribution >= 4 is 11.9 Å². The van der Waals surface area contributed by atoms with Crippen molar-refractivity contribution in [3.63, 3.8) is 0 Å². The van der Waals surface area contributed by atoms with Crippen molar-refractivity contribution in [2.75, 3.05) is 31.6 Å². The van der Waals surface area contributed by atoms with E-state index in [9.17, 15) is 4.79 Å².